The third-order valence-electron chi connectivity index (χ3n) is 4.08. The smallest absolute Gasteiger partial charge is 0.260 e. The topological polar surface area (TPSA) is 58.9 Å². The van der Waals surface area contributed by atoms with E-state index in [1.54, 1.807) is 18.2 Å². The molecule has 0 spiro atoms. The Balaban J connectivity index is 1.81. The predicted octanol–water partition coefficient (Wildman–Crippen LogP) is 5.84. The van der Waals surface area contributed by atoms with Gasteiger partial charge in [-0.1, -0.05) is 23.2 Å². The number of nitrogens with zero attached hydrogens (tertiary/aromatic N) is 1. The van der Waals surface area contributed by atoms with Crippen molar-refractivity contribution >= 4 is 44.8 Å². The zero-order valence-corrected chi connectivity index (χ0v) is 15.6. The van der Waals surface area contributed by atoms with Crippen molar-refractivity contribution in [2.24, 2.45) is 0 Å². The molecule has 4 aromatic rings. The van der Waals surface area contributed by atoms with E-state index in [4.69, 9.17) is 27.6 Å². The van der Waals surface area contributed by atoms with Gasteiger partial charge in [0.1, 0.15) is 10.6 Å². The van der Waals surface area contributed by atoms with E-state index in [0.717, 1.165) is 16.0 Å². The lowest BCUT2D eigenvalue weighted by molar-refractivity contribution is 0.592. The molecule has 25 heavy (non-hydrogen) atoms. The third-order valence-corrected chi connectivity index (χ3v) is 5.92. The highest BCUT2D eigenvalue weighted by molar-refractivity contribution is 7.18. The quantitative estimate of drug-likeness (QED) is 0.467. The molecule has 0 atom stereocenters. The van der Waals surface area contributed by atoms with Crippen LogP contribution in [0.25, 0.3) is 33.1 Å². The third kappa shape index (κ3) is 2.78. The molecule has 0 saturated carbocycles. The number of halogens is 2. The van der Waals surface area contributed by atoms with Crippen LogP contribution in [0.5, 0.6) is 0 Å². The fourth-order valence-corrected chi connectivity index (χ4v) is 3.97. The molecule has 0 radical (unpaired) electrons. The van der Waals surface area contributed by atoms with E-state index >= 15 is 0 Å². The Kier molecular flexibility index (Phi) is 3.95. The van der Waals surface area contributed by atoms with Crippen molar-refractivity contribution in [1.29, 1.82) is 0 Å². The maximum atomic E-state index is 12.4. The van der Waals surface area contributed by atoms with E-state index in [1.165, 1.54) is 11.3 Å². The van der Waals surface area contributed by atoms with Gasteiger partial charge in [-0.05, 0) is 49.7 Å². The number of thiophene rings is 1. The SMILES string of the molecule is Cc1sc2nc(-c3ccc(-c4ccc(Cl)c(Cl)c4)o3)[nH]c(=O)c2c1C. The van der Waals surface area contributed by atoms with Crippen LogP contribution in [-0.2, 0) is 0 Å². The summed E-state index contributed by atoms with van der Waals surface area (Å²) in [6, 6.07) is 8.85. The van der Waals surface area contributed by atoms with Crippen molar-refractivity contribution in [2.45, 2.75) is 13.8 Å². The molecule has 0 aliphatic carbocycles. The molecule has 0 aliphatic rings. The van der Waals surface area contributed by atoms with E-state index in [2.05, 4.69) is 9.97 Å². The van der Waals surface area contributed by atoms with Gasteiger partial charge in [-0.3, -0.25) is 4.79 Å². The van der Waals surface area contributed by atoms with Crippen molar-refractivity contribution < 1.29 is 4.42 Å². The number of aromatic amines is 1. The number of rotatable bonds is 2. The number of benzene rings is 1. The van der Waals surface area contributed by atoms with Gasteiger partial charge in [0.2, 0.25) is 0 Å². The second-order valence-corrected chi connectivity index (χ2v) is 7.69. The van der Waals surface area contributed by atoms with Gasteiger partial charge in [0, 0.05) is 10.4 Å². The fourth-order valence-electron chi connectivity index (χ4n) is 2.64. The summed E-state index contributed by atoms with van der Waals surface area (Å²) in [7, 11) is 0. The zero-order valence-electron chi connectivity index (χ0n) is 13.3. The minimum absolute atomic E-state index is 0.158. The zero-order chi connectivity index (χ0) is 17.7. The Morgan fingerprint density at radius 2 is 1.84 bits per heavy atom. The van der Waals surface area contributed by atoms with Crippen molar-refractivity contribution in [3.8, 4) is 22.9 Å². The molecule has 4 nitrogen and oxygen atoms in total. The van der Waals surface area contributed by atoms with Crippen LogP contribution in [0.4, 0.5) is 0 Å². The fraction of sp³-hybridized carbons (Fsp3) is 0.111. The minimum atomic E-state index is -0.158. The summed E-state index contributed by atoms with van der Waals surface area (Å²) in [5.74, 6) is 1.52. The monoisotopic (exact) mass is 390 g/mol. The second kappa shape index (κ2) is 6.02. The summed E-state index contributed by atoms with van der Waals surface area (Å²) in [4.78, 5) is 21.6. The van der Waals surface area contributed by atoms with E-state index in [1.807, 2.05) is 26.0 Å². The second-order valence-electron chi connectivity index (χ2n) is 5.67. The molecule has 0 fully saturated rings. The molecular weight excluding hydrogens is 379 g/mol. The Labute approximate surface area is 157 Å². The molecule has 3 aromatic heterocycles. The normalized spacial score (nSPS) is 11.4. The molecular formula is C18H12Cl2N2O2S. The van der Waals surface area contributed by atoms with Crippen LogP contribution in [0.1, 0.15) is 10.4 Å². The van der Waals surface area contributed by atoms with Gasteiger partial charge in [0.25, 0.3) is 5.56 Å². The van der Waals surface area contributed by atoms with Crippen LogP contribution in [0.2, 0.25) is 10.0 Å². The summed E-state index contributed by atoms with van der Waals surface area (Å²) >= 11 is 13.5. The molecule has 0 aliphatic heterocycles. The molecule has 1 aromatic carbocycles. The van der Waals surface area contributed by atoms with Gasteiger partial charge in [0.15, 0.2) is 11.6 Å². The first-order chi connectivity index (χ1) is 11.9. The number of aromatic nitrogens is 2. The molecule has 0 unspecified atom stereocenters. The highest BCUT2D eigenvalue weighted by atomic mass is 35.5. The Morgan fingerprint density at radius 3 is 2.60 bits per heavy atom. The Bertz CT molecular complexity index is 1170. The summed E-state index contributed by atoms with van der Waals surface area (Å²) in [6.07, 6.45) is 0. The lowest BCUT2D eigenvalue weighted by atomic mass is 10.2. The number of nitrogens with one attached hydrogen (secondary N) is 1. The van der Waals surface area contributed by atoms with Gasteiger partial charge < -0.3 is 9.40 Å². The van der Waals surface area contributed by atoms with Crippen molar-refractivity contribution in [3.63, 3.8) is 0 Å². The molecule has 126 valence electrons. The molecule has 0 saturated heterocycles. The standard InChI is InChI=1S/C18H12Cl2N2O2S/c1-8-9(2)25-18-15(8)17(23)21-16(22-18)14-6-5-13(24-14)10-3-4-11(19)12(20)7-10/h3-7H,1-2H3,(H,21,22,23). The lowest BCUT2D eigenvalue weighted by Gasteiger charge is -2.01. The first-order valence-electron chi connectivity index (χ1n) is 7.49. The molecule has 7 heteroatoms. The first-order valence-corrected chi connectivity index (χ1v) is 9.07. The highest BCUT2D eigenvalue weighted by Gasteiger charge is 2.15. The maximum absolute atomic E-state index is 12.4. The summed E-state index contributed by atoms with van der Waals surface area (Å²) in [6.45, 7) is 3.91. The van der Waals surface area contributed by atoms with Gasteiger partial charge in [-0.25, -0.2) is 4.98 Å². The first kappa shape index (κ1) is 16.4. The van der Waals surface area contributed by atoms with Gasteiger partial charge in [0.05, 0.1) is 15.4 Å². The average Bonchev–Trinajstić information content (AvgIpc) is 3.16. The van der Waals surface area contributed by atoms with Crippen LogP contribution in [0, 0.1) is 13.8 Å². The van der Waals surface area contributed by atoms with Gasteiger partial charge in [-0.2, -0.15) is 0 Å². The van der Waals surface area contributed by atoms with Gasteiger partial charge >= 0.3 is 0 Å². The van der Waals surface area contributed by atoms with E-state index in [0.29, 0.717) is 37.6 Å². The summed E-state index contributed by atoms with van der Waals surface area (Å²) < 4.78 is 5.86. The number of fused-ring (bicyclic) bond motifs is 1. The number of hydrogen-bond donors (Lipinski definition) is 1. The van der Waals surface area contributed by atoms with E-state index < -0.39 is 0 Å². The van der Waals surface area contributed by atoms with E-state index in [9.17, 15) is 4.79 Å². The molecule has 0 bridgehead atoms. The summed E-state index contributed by atoms with van der Waals surface area (Å²) in [5, 5.41) is 1.58. The Hall–Kier alpha value is -2.08. The van der Waals surface area contributed by atoms with Crippen LogP contribution < -0.4 is 5.56 Å². The molecule has 3 heterocycles. The van der Waals surface area contributed by atoms with Crippen LogP contribution >= 0.6 is 34.5 Å². The van der Waals surface area contributed by atoms with Crippen molar-refractivity contribution in [1.82, 2.24) is 9.97 Å². The average molecular weight is 391 g/mol. The van der Waals surface area contributed by atoms with Crippen LogP contribution in [-0.4, -0.2) is 9.97 Å². The molecule has 4 rings (SSSR count). The number of aryl methyl sites for hydroxylation is 2. The van der Waals surface area contributed by atoms with E-state index in [-0.39, 0.29) is 5.56 Å². The molecule has 1 N–H and O–H groups in total. The lowest BCUT2D eigenvalue weighted by Crippen LogP contribution is -2.08. The number of hydrogen-bond acceptors (Lipinski definition) is 4. The van der Waals surface area contributed by atoms with Gasteiger partial charge in [-0.15, -0.1) is 11.3 Å². The number of furan rings is 1. The van der Waals surface area contributed by atoms with Crippen LogP contribution in [0.3, 0.4) is 0 Å². The van der Waals surface area contributed by atoms with Crippen LogP contribution in [0.15, 0.2) is 39.5 Å². The summed E-state index contributed by atoms with van der Waals surface area (Å²) in [5.41, 5.74) is 1.61. The van der Waals surface area contributed by atoms with Crippen molar-refractivity contribution in [3.05, 3.63) is 61.2 Å². The van der Waals surface area contributed by atoms with Crippen molar-refractivity contribution in [2.75, 3.05) is 0 Å². The highest BCUT2D eigenvalue weighted by Crippen LogP contribution is 2.32. The predicted molar refractivity (Wildman–Crippen MR) is 103 cm³/mol. The number of H-pyrrole nitrogens is 1. The minimum Gasteiger partial charge on any atom is -0.453 e. The molecule has 0 amide bonds. The maximum Gasteiger partial charge on any atom is 0.260 e. The largest absolute Gasteiger partial charge is 0.453 e. The Morgan fingerprint density at radius 1 is 1.08 bits per heavy atom.